The highest BCUT2D eigenvalue weighted by Crippen LogP contribution is 2.12. The Hall–Kier alpha value is -2.60. The van der Waals surface area contributed by atoms with Gasteiger partial charge in [0, 0.05) is 16.1 Å². The smallest absolute Gasteiger partial charge is 0.269 e. The van der Waals surface area contributed by atoms with E-state index in [4.69, 9.17) is 4.74 Å². The molecule has 5 nitrogen and oxygen atoms in total. The zero-order chi connectivity index (χ0) is 16.7. The molecule has 2 amide bonds. The van der Waals surface area contributed by atoms with Crippen LogP contribution in [0.25, 0.3) is 6.08 Å². The molecule has 2 rings (SSSR count). The van der Waals surface area contributed by atoms with Crippen LogP contribution in [0.4, 0.5) is 0 Å². The van der Waals surface area contributed by atoms with E-state index in [9.17, 15) is 9.59 Å². The van der Waals surface area contributed by atoms with Gasteiger partial charge < -0.3 is 4.74 Å². The van der Waals surface area contributed by atoms with Gasteiger partial charge in [0.2, 0.25) is 0 Å². The lowest BCUT2D eigenvalue weighted by Gasteiger charge is -2.05. The van der Waals surface area contributed by atoms with Gasteiger partial charge in [0.25, 0.3) is 11.8 Å². The minimum atomic E-state index is -0.425. The van der Waals surface area contributed by atoms with Gasteiger partial charge in [-0.3, -0.25) is 20.4 Å². The third-order valence-corrected chi connectivity index (χ3v) is 3.48. The summed E-state index contributed by atoms with van der Waals surface area (Å²) in [5.41, 5.74) is 5.97. The van der Waals surface area contributed by atoms with E-state index in [0.29, 0.717) is 5.56 Å². The highest BCUT2D eigenvalue weighted by Gasteiger charge is 2.05. The summed E-state index contributed by atoms with van der Waals surface area (Å²) in [6.07, 6.45) is 2.98. The van der Waals surface area contributed by atoms with Crippen molar-refractivity contribution >= 4 is 33.8 Å². The molecule has 0 spiro atoms. The van der Waals surface area contributed by atoms with Crippen molar-refractivity contribution in [2.24, 2.45) is 0 Å². The second-order valence-corrected chi connectivity index (χ2v) is 5.47. The van der Waals surface area contributed by atoms with Crippen LogP contribution in [-0.4, -0.2) is 18.9 Å². The van der Waals surface area contributed by atoms with Crippen LogP contribution >= 0.6 is 15.9 Å². The fraction of sp³-hybridized carbons (Fsp3) is 0.0588. The van der Waals surface area contributed by atoms with Crippen LogP contribution in [0, 0.1) is 0 Å². The number of amides is 2. The zero-order valence-electron chi connectivity index (χ0n) is 12.4. The first-order chi connectivity index (χ1) is 11.1. The molecule has 0 aliphatic carbocycles. The van der Waals surface area contributed by atoms with Crippen LogP contribution in [0.3, 0.4) is 0 Å². The van der Waals surface area contributed by atoms with Crippen molar-refractivity contribution in [2.75, 3.05) is 7.11 Å². The second-order valence-electron chi connectivity index (χ2n) is 4.56. The number of methoxy groups -OCH3 is 1. The number of ether oxygens (including phenoxy) is 1. The molecule has 118 valence electrons. The predicted octanol–water partition coefficient (Wildman–Crippen LogP) is 2.93. The van der Waals surface area contributed by atoms with Gasteiger partial charge in [0.1, 0.15) is 5.75 Å². The molecule has 0 aromatic heterocycles. The quantitative estimate of drug-likeness (QED) is 0.638. The summed E-state index contributed by atoms with van der Waals surface area (Å²) in [4.78, 5) is 23.5. The molecule has 0 aliphatic rings. The van der Waals surface area contributed by atoms with E-state index in [1.165, 1.54) is 6.08 Å². The molecule has 0 saturated heterocycles. The largest absolute Gasteiger partial charge is 0.497 e. The predicted molar refractivity (Wildman–Crippen MR) is 91.8 cm³/mol. The van der Waals surface area contributed by atoms with Crippen LogP contribution in [0.1, 0.15) is 15.9 Å². The van der Waals surface area contributed by atoms with Gasteiger partial charge in [0.05, 0.1) is 7.11 Å². The SMILES string of the molecule is COc1ccc(/C=C/C(=O)NNC(=O)c2ccc(Br)cc2)cc1. The van der Waals surface area contributed by atoms with E-state index >= 15 is 0 Å². The van der Waals surface area contributed by atoms with Gasteiger partial charge in [-0.1, -0.05) is 28.1 Å². The lowest BCUT2D eigenvalue weighted by atomic mass is 10.2. The summed E-state index contributed by atoms with van der Waals surface area (Å²) >= 11 is 3.29. The molecule has 23 heavy (non-hydrogen) atoms. The van der Waals surface area contributed by atoms with Crippen LogP contribution < -0.4 is 15.6 Å². The van der Waals surface area contributed by atoms with Gasteiger partial charge >= 0.3 is 0 Å². The Morgan fingerprint density at radius 2 is 1.65 bits per heavy atom. The van der Waals surface area contributed by atoms with Crippen molar-refractivity contribution in [3.05, 3.63) is 70.2 Å². The molecule has 0 unspecified atom stereocenters. The van der Waals surface area contributed by atoms with Gasteiger partial charge in [-0.05, 0) is 48.0 Å². The molecule has 0 heterocycles. The molecule has 2 aromatic rings. The van der Waals surface area contributed by atoms with E-state index in [1.54, 1.807) is 49.6 Å². The summed E-state index contributed by atoms with van der Waals surface area (Å²) in [6, 6.07) is 14.0. The zero-order valence-corrected chi connectivity index (χ0v) is 14.0. The van der Waals surface area contributed by atoms with Gasteiger partial charge in [0.15, 0.2) is 0 Å². The Morgan fingerprint density at radius 1 is 1.00 bits per heavy atom. The van der Waals surface area contributed by atoms with Crippen molar-refractivity contribution in [3.8, 4) is 5.75 Å². The van der Waals surface area contributed by atoms with Gasteiger partial charge in [-0.25, -0.2) is 0 Å². The summed E-state index contributed by atoms with van der Waals surface area (Å²) in [6.45, 7) is 0. The van der Waals surface area contributed by atoms with Crippen molar-refractivity contribution in [1.29, 1.82) is 0 Å². The number of rotatable bonds is 4. The second kappa shape index (κ2) is 8.14. The third kappa shape index (κ3) is 5.27. The lowest BCUT2D eigenvalue weighted by Crippen LogP contribution is -2.40. The van der Waals surface area contributed by atoms with Crippen molar-refractivity contribution in [3.63, 3.8) is 0 Å². The van der Waals surface area contributed by atoms with Crippen molar-refractivity contribution in [1.82, 2.24) is 10.9 Å². The Morgan fingerprint density at radius 3 is 2.26 bits per heavy atom. The molecule has 6 heteroatoms. The van der Waals surface area contributed by atoms with Crippen LogP contribution in [-0.2, 0) is 4.79 Å². The number of hydrogen-bond donors (Lipinski definition) is 2. The van der Waals surface area contributed by atoms with Crippen molar-refractivity contribution in [2.45, 2.75) is 0 Å². The average Bonchev–Trinajstić information content (AvgIpc) is 2.59. The third-order valence-electron chi connectivity index (χ3n) is 2.95. The number of hydrogen-bond acceptors (Lipinski definition) is 3. The molecular weight excluding hydrogens is 360 g/mol. The normalized spacial score (nSPS) is 10.3. The summed E-state index contributed by atoms with van der Waals surface area (Å²) < 4.78 is 5.93. The number of benzene rings is 2. The van der Waals surface area contributed by atoms with Gasteiger partial charge in [-0.15, -0.1) is 0 Å². The number of halogens is 1. The minimum Gasteiger partial charge on any atom is -0.497 e. The Balaban J connectivity index is 1.85. The summed E-state index contributed by atoms with van der Waals surface area (Å²) in [5.74, 6) is -0.0664. The Kier molecular flexibility index (Phi) is 5.94. The maximum Gasteiger partial charge on any atom is 0.269 e. The van der Waals surface area contributed by atoms with Gasteiger partial charge in [-0.2, -0.15) is 0 Å². The molecular formula is C17H15BrN2O3. The number of hydrazine groups is 1. The Labute approximate surface area is 142 Å². The van der Waals surface area contributed by atoms with E-state index in [0.717, 1.165) is 15.8 Å². The first-order valence-electron chi connectivity index (χ1n) is 6.76. The standard InChI is InChI=1S/C17H15BrN2O3/c1-23-15-9-2-12(3-10-15)4-11-16(21)19-20-17(22)13-5-7-14(18)8-6-13/h2-11H,1H3,(H,19,21)(H,20,22)/b11-4+. The van der Waals surface area contributed by atoms with E-state index in [2.05, 4.69) is 26.8 Å². The summed E-state index contributed by atoms with van der Waals surface area (Å²) in [5, 5.41) is 0. The van der Waals surface area contributed by atoms with Crippen LogP contribution in [0.5, 0.6) is 5.75 Å². The fourth-order valence-electron chi connectivity index (χ4n) is 1.72. The first-order valence-corrected chi connectivity index (χ1v) is 7.56. The number of nitrogens with one attached hydrogen (secondary N) is 2. The monoisotopic (exact) mass is 374 g/mol. The van der Waals surface area contributed by atoms with E-state index in [-0.39, 0.29) is 5.91 Å². The number of carbonyl (C=O) groups is 2. The fourth-order valence-corrected chi connectivity index (χ4v) is 1.98. The molecule has 2 N–H and O–H groups in total. The minimum absolute atomic E-state index is 0.385. The maximum atomic E-state index is 11.8. The average molecular weight is 375 g/mol. The highest BCUT2D eigenvalue weighted by atomic mass is 79.9. The topological polar surface area (TPSA) is 67.4 Å². The maximum absolute atomic E-state index is 11.8. The Bertz CT molecular complexity index is 710. The molecule has 0 aliphatic heterocycles. The molecule has 2 aromatic carbocycles. The first kappa shape index (κ1) is 16.8. The molecule has 0 atom stereocenters. The molecule has 0 radical (unpaired) electrons. The van der Waals surface area contributed by atoms with Crippen LogP contribution in [0.2, 0.25) is 0 Å². The molecule has 0 fully saturated rings. The van der Waals surface area contributed by atoms with E-state index < -0.39 is 5.91 Å². The highest BCUT2D eigenvalue weighted by molar-refractivity contribution is 9.10. The number of carbonyl (C=O) groups excluding carboxylic acids is 2. The van der Waals surface area contributed by atoms with Crippen LogP contribution in [0.15, 0.2) is 59.1 Å². The lowest BCUT2D eigenvalue weighted by molar-refractivity contribution is -0.117. The summed E-state index contributed by atoms with van der Waals surface area (Å²) in [7, 11) is 1.59. The van der Waals surface area contributed by atoms with Crippen molar-refractivity contribution < 1.29 is 14.3 Å². The van der Waals surface area contributed by atoms with E-state index in [1.807, 2.05) is 12.1 Å². The molecule has 0 bridgehead atoms. The molecule has 0 saturated carbocycles.